The number of rotatable bonds is 6. The van der Waals surface area contributed by atoms with Crippen molar-refractivity contribution in [2.75, 3.05) is 6.54 Å². The van der Waals surface area contributed by atoms with Gasteiger partial charge in [-0.3, -0.25) is 19.5 Å². The molecule has 4 amide bonds. The Morgan fingerprint density at radius 2 is 2.04 bits per heavy atom. The molecule has 7 heteroatoms. The summed E-state index contributed by atoms with van der Waals surface area (Å²) in [4.78, 5) is 41.6. The predicted octanol–water partition coefficient (Wildman–Crippen LogP) is 1.57. The standard InChI is InChI=1S/C18H20N4O3/c1-2-9-22-17(24)15(21-18(22)25)10-16(23)19-11-13-8-7-12-5-3-4-6-14(12)20-13/h3-8,15H,2,9-11H2,1H3,(H,19,23)(H,21,25)/t15-/m1/s1. The fourth-order valence-corrected chi connectivity index (χ4v) is 2.80. The molecule has 0 unspecified atom stereocenters. The number of nitrogens with one attached hydrogen (secondary N) is 2. The van der Waals surface area contributed by atoms with Crippen molar-refractivity contribution < 1.29 is 14.4 Å². The Bertz CT molecular complexity index is 821. The number of para-hydroxylation sites is 1. The largest absolute Gasteiger partial charge is 0.350 e. The molecule has 2 N–H and O–H groups in total. The van der Waals surface area contributed by atoms with E-state index in [2.05, 4.69) is 15.6 Å². The van der Waals surface area contributed by atoms with Gasteiger partial charge < -0.3 is 10.6 Å². The van der Waals surface area contributed by atoms with Crippen LogP contribution in [-0.2, 0) is 16.1 Å². The molecule has 1 aliphatic heterocycles. The molecule has 0 radical (unpaired) electrons. The lowest BCUT2D eigenvalue weighted by atomic mass is 10.2. The average Bonchev–Trinajstić information content (AvgIpc) is 2.87. The number of amides is 4. The van der Waals surface area contributed by atoms with Crippen molar-refractivity contribution in [2.45, 2.75) is 32.4 Å². The SMILES string of the molecule is CCCN1C(=O)N[C@H](CC(=O)NCc2ccc3ccccc3n2)C1=O. The fourth-order valence-electron chi connectivity index (χ4n) is 2.80. The molecule has 25 heavy (non-hydrogen) atoms. The van der Waals surface area contributed by atoms with Gasteiger partial charge in [-0.2, -0.15) is 0 Å². The number of hydrogen-bond donors (Lipinski definition) is 2. The van der Waals surface area contributed by atoms with Gasteiger partial charge in [0.25, 0.3) is 5.91 Å². The van der Waals surface area contributed by atoms with Crippen LogP contribution >= 0.6 is 0 Å². The molecule has 7 nitrogen and oxygen atoms in total. The molecule has 1 fully saturated rings. The monoisotopic (exact) mass is 340 g/mol. The third kappa shape index (κ3) is 3.76. The van der Waals surface area contributed by atoms with Crippen molar-refractivity contribution in [3.8, 4) is 0 Å². The molecule has 130 valence electrons. The second-order valence-corrected chi connectivity index (χ2v) is 5.97. The Balaban J connectivity index is 1.55. The molecule has 2 heterocycles. The maximum atomic E-state index is 12.1. The minimum atomic E-state index is -0.788. The van der Waals surface area contributed by atoms with Crippen LogP contribution in [0.5, 0.6) is 0 Å². The van der Waals surface area contributed by atoms with Crippen LogP contribution < -0.4 is 10.6 Å². The quantitative estimate of drug-likeness (QED) is 0.781. The fraction of sp³-hybridized carbons (Fsp3) is 0.333. The van der Waals surface area contributed by atoms with E-state index < -0.39 is 12.1 Å². The van der Waals surface area contributed by atoms with E-state index >= 15 is 0 Å². The molecular formula is C18H20N4O3. The molecular weight excluding hydrogens is 320 g/mol. The summed E-state index contributed by atoms with van der Waals surface area (Å²) in [5, 5.41) is 6.34. The van der Waals surface area contributed by atoms with E-state index in [-0.39, 0.29) is 24.8 Å². The second kappa shape index (κ2) is 7.29. The van der Waals surface area contributed by atoms with Gasteiger partial charge in [0.1, 0.15) is 6.04 Å². The highest BCUT2D eigenvalue weighted by molar-refractivity contribution is 6.05. The van der Waals surface area contributed by atoms with E-state index in [1.165, 1.54) is 0 Å². The third-order valence-electron chi connectivity index (χ3n) is 4.07. The van der Waals surface area contributed by atoms with Crippen LogP contribution in [0.15, 0.2) is 36.4 Å². The van der Waals surface area contributed by atoms with Crippen molar-refractivity contribution in [2.24, 2.45) is 0 Å². The Labute approximate surface area is 145 Å². The summed E-state index contributed by atoms with van der Waals surface area (Å²) >= 11 is 0. The number of carbonyl (C=O) groups is 3. The molecule has 1 aromatic heterocycles. The van der Waals surface area contributed by atoms with Gasteiger partial charge in [0.15, 0.2) is 0 Å². The van der Waals surface area contributed by atoms with Gasteiger partial charge >= 0.3 is 6.03 Å². The van der Waals surface area contributed by atoms with E-state index in [0.717, 1.165) is 21.5 Å². The lowest BCUT2D eigenvalue weighted by molar-refractivity contribution is -0.130. The molecule has 1 aliphatic rings. The van der Waals surface area contributed by atoms with E-state index in [9.17, 15) is 14.4 Å². The van der Waals surface area contributed by atoms with Crippen LogP contribution in [0.25, 0.3) is 10.9 Å². The van der Waals surface area contributed by atoms with Crippen molar-refractivity contribution >= 4 is 28.7 Å². The summed E-state index contributed by atoms with van der Waals surface area (Å²) in [5.74, 6) is -0.641. The number of nitrogens with zero attached hydrogens (tertiary/aromatic N) is 2. The number of pyridine rings is 1. The summed E-state index contributed by atoms with van der Waals surface area (Å²) in [5.41, 5.74) is 1.60. The molecule has 0 aliphatic carbocycles. The Morgan fingerprint density at radius 1 is 1.24 bits per heavy atom. The maximum Gasteiger partial charge on any atom is 0.324 e. The first-order valence-electron chi connectivity index (χ1n) is 8.31. The third-order valence-corrected chi connectivity index (χ3v) is 4.07. The number of benzene rings is 1. The minimum absolute atomic E-state index is 0.0711. The lowest BCUT2D eigenvalue weighted by Gasteiger charge is -2.11. The van der Waals surface area contributed by atoms with Crippen LogP contribution in [0.3, 0.4) is 0 Å². The van der Waals surface area contributed by atoms with Gasteiger partial charge in [0.2, 0.25) is 5.91 Å². The topological polar surface area (TPSA) is 91.4 Å². The summed E-state index contributed by atoms with van der Waals surface area (Å²) < 4.78 is 0. The molecule has 0 saturated carbocycles. The van der Waals surface area contributed by atoms with Crippen LogP contribution in [-0.4, -0.2) is 40.3 Å². The molecule has 2 aromatic rings. The summed E-state index contributed by atoms with van der Waals surface area (Å²) in [6.07, 6.45) is 0.615. The summed E-state index contributed by atoms with van der Waals surface area (Å²) in [7, 11) is 0. The van der Waals surface area contributed by atoms with E-state index in [1.807, 2.05) is 43.3 Å². The lowest BCUT2D eigenvalue weighted by Crippen LogP contribution is -2.36. The molecule has 1 saturated heterocycles. The van der Waals surface area contributed by atoms with Gasteiger partial charge in [-0.05, 0) is 18.6 Å². The second-order valence-electron chi connectivity index (χ2n) is 5.97. The van der Waals surface area contributed by atoms with Gasteiger partial charge in [0, 0.05) is 11.9 Å². The van der Waals surface area contributed by atoms with E-state index in [1.54, 1.807) is 0 Å². The Morgan fingerprint density at radius 3 is 2.84 bits per heavy atom. The highest BCUT2D eigenvalue weighted by Crippen LogP contribution is 2.12. The van der Waals surface area contributed by atoms with Crippen molar-refractivity contribution in [1.82, 2.24) is 20.5 Å². The molecule has 1 atom stereocenters. The van der Waals surface area contributed by atoms with E-state index in [4.69, 9.17) is 0 Å². The highest BCUT2D eigenvalue weighted by atomic mass is 16.2. The number of hydrogen-bond acceptors (Lipinski definition) is 4. The number of urea groups is 1. The number of fused-ring (bicyclic) bond motifs is 1. The zero-order valence-electron chi connectivity index (χ0n) is 14.0. The molecule has 1 aromatic carbocycles. The molecule has 0 spiro atoms. The number of carbonyl (C=O) groups excluding carboxylic acids is 3. The van der Waals surface area contributed by atoms with Crippen LogP contribution in [0.2, 0.25) is 0 Å². The van der Waals surface area contributed by atoms with Gasteiger partial charge in [-0.1, -0.05) is 31.2 Å². The van der Waals surface area contributed by atoms with Gasteiger partial charge in [0.05, 0.1) is 24.2 Å². The molecule has 3 rings (SSSR count). The van der Waals surface area contributed by atoms with Crippen molar-refractivity contribution in [1.29, 1.82) is 0 Å². The summed E-state index contributed by atoms with van der Waals surface area (Å²) in [6.45, 7) is 2.53. The first-order valence-corrected chi connectivity index (χ1v) is 8.31. The number of imide groups is 1. The minimum Gasteiger partial charge on any atom is -0.350 e. The number of aromatic nitrogens is 1. The van der Waals surface area contributed by atoms with Crippen molar-refractivity contribution in [3.05, 3.63) is 42.1 Å². The van der Waals surface area contributed by atoms with Crippen LogP contribution in [0.4, 0.5) is 4.79 Å². The zero-order valence-corrected chi connectivity index (χ0v) is 14.0. The van der Waals surface area contributed by atoms with Crippen LogP contribution in [0, 0.1) is 0 Å². The molecule has 0 bridgehead atoms. The first-order chi connectivity index (χ1) is 12.1. The Kier molecular flexibility index (Phi) is 4.92. The summed E-state index contributed by atoms with van der Waals surface area (Å²) in [6, 6.07) is 10.3. The van der Waals surface area contributed by atoms with E-state index in [0.29, 0.717) is 13.0 Å². The first kappa shape index (κ1) is 16.9. The van der Waals surface area contributed by atoms with Crippen LogP contribution in [0.1, 0.15) is 25.5 Å². The average molecular weight is 340 g/mol. The normalized spacial score (nSPS) is 17.0. The van der Waals surface area contributed by atoms with Gasteiger partial charge in [-0.15, -0.1) is 0 Å². The predicted molar refractivity (Wildman–Crippen MR) is 92.5 cm³/mol. The smallest absolute Gasteiger partial charge is 0.324 e. The maximum absolute atomic E-state index is 12.1. The Hall–Kier alpha value is -2.96. The zero-order chi connectivity index (χ0) is 17.8. The van der Waals surface area contributed by atoms with Gasteiger partial charge in [-0.25, -0.2) is 4.79 Å². The highest BCUT2D eigenvalue weighted by Gasteiger charge is 2.38. The van der Waals surface area contributed by atoms with Crippen molar-refractivity contribution in [3.63, 3.8) is 0 Å².